The molecule has 3 heteroatoms. The number of aryl methyl sites for hydroxylation is 2. The van der Waals surface area contributed by atoms with E-state index in [0.29, 0.717) is 12.1 Å². The van der Waals surface area contributed by atoms with Crippen molar-refractivity contribution in [3.63, 3.8) is 0 Å². The van der Waals surface area contributed by atoms with Gasteiger partial charge in [0.15, 0.2) is 0 Å². The molecule has 0 aliphatic heterocycles. The summed E-state index contributed by atoms with van der Waals surface area (Å²) in [7, 11) is 0. The fourth-order valence-electron chi connectivity index (χ4n) is 1.26. The van der Waals surface area contributed by atoms with E-state index in [2.05, 4.69) is 10.3 Å². The maximum Gasteiger partial charge on any atom is 0.253 e. The standard InChI is InChI=1S/C11H16N2O/c1-4-9-6-10(8(3)13-7-9)11(14)12-5-2/h6-7H,4-5H2,1-3H3,(H,12,14). The van der Waals surface area contributed by atoms with Crippen molar-refractivity contribution < 1.29 is 4.79 Å². The van der Waals surface area contributed by atoms with Crippen molar-refractivity contribution >= 4 is 5.91 Å². The van der Waals surface area contributed by atoms with Crippen molar-refractivity contribution in [3.8, 4) is 0 Å². The van der Waals surface area contributed by atoms with Gasteiger partial charge < -0.3 is 5.32 Å². The highest BCUT2D eigenvalue weighted by atomic mass is 16.1. The van der Waals surface area contributed by atoms with E-state index >= 15 is 0 Å². The summed E-state index contributed by atoms with van der Waals surface area (Å²) < 4.78 is 0. The van der Waals surface area contributed by atoms with Crippen LogP contribution in [-0.2, 0) is 6.42 Å². The number of rotatable bonds is 3. The maximum absolute atomic E-state index is 11.6. The van der Waals surface area contributed by atoms with E-state index in [0.717, 1.165) is 17.7 Å². The number of carbonyl (C=O) groups is 1. The minimum Gasteiger partial charge on any atom is -0.352 e. The van der Waals surface area contributed by atoms with E-state index in [1.807, 2.05) is 33.0 Å². The van der Waals surface area contributed by atoms with Gasteiger partial charge in [-0.15, -0.1) is 0 Å². The third-order valence-corrected chi connectivity index (χ3v) is 2.13. The Morgan fingerprint density at radius 1 is 1.50 bits per heavy atom. The molecule has 0 radical (unpaired) electrons. The molecule has 14 heavy (non-hydrogen) atoms. The molecule has 76 valence electrons. The topological polar surface area (TPSA) is 42.0 Å². The SMILES string of the molecule is CCNC(=O)c1cc(CC)cnc1C. The molecule has 1 aromatic heterocycles. The lowest BCUT2D eigenvalue weighted by atomic mass is 10.1. The molecule has 0 saturated heterocycles. The van der Waals surface area contributed by atoms with Crippen LogP contribution in [0.5, 0.6) is 0 Å². The second-order valence-corrected chi connectivity index (χ2v) is 3.19. The third-order valence-electron chi connectivity index (χ3n) is 2.13. The summed E-state index contributed by atoms with van der Waals surface area (Å²) in [4.78, 5) is 15.8. The predicted octanol–water partition coefficient (Wildman–Crippen LogP) is 1.70. The number of carbonyl (C=O) groups excluding carboxylic acids is 1. The lowest BCUT2D eigenvalue weighted by Gasteiger charge is -2.06. The number of pyridine rings is 1. The van der Waals surface area contributed by atoms with Gasteiger partial charge in [-0.1, -0.05) is 6.92 Å². The molecule has 1 amide bonds. The molecule has 0 fully saturated rings. The Balaban J connectivity index is 2.99. The predicted molar refractivity (Wildman–Crippen MR) is 56.4 cm³/mol. The summed E-state index contributed by atoms with van der Waals surface area (Å²) in [5.74, 6) is -0.0344. The average Bonchev–Trinajstić information content (AvgIpc) is 2.19. The highest BCUT2D eigenvalue weighted by Gasteiger charge is 2.08. The molecular weight excluding hydrogens is 176 g/mol. The van der Waals surface area contributed by atoms with Gasteiger partial charge in [0.25, 0.3) is 5.91 Å². The van der Waals surface area contributed by atoms with Gasteiger partial charge in [-0.25, -0.2) is 0 Å². The van der Waals surface area contributed by atoms with Gasteiger partial charge in [0, 0.05) is 18.4 Å². The smallest absolute Gasteiger partial charge is 0.253 e. The molecule has 0 aromatic carbocycles. The largest absolute Gasteiger partial charge is 0.352 e. The lowest BCUT2D eigenvalue weighted by molar-refractivity contribution is 0.0954. The van der Waals surface area contributed by atoms with Crippen molar-refractivity contribution in [1.82, 2.24) is 10.3 Å². The Kier molecular flexibility index (Phi) is 3.63. The van der Waals surface area contributed by atoms with Crippen molar-refractivity contribution in [2.75, 3.05) is 6.54 Å². The second kappa shape index (κ2) is 4.74. The van der Waals surface area contributed by atoms with Gasteiger partial charge in [-0.2, -0.15) is 0 Å². The van der Waals surface area contributed by atoms with Crippen molar-refractivity contribution in [3.05, 3.63) is 29.1 Å². The third kappa shape index (κ3) is 2.31. The molecule has 0 aliphatic rings. The minimum atomic E-state index is -0.0344. The molecule has 0 bridgehead atoms. The number of amides is 1. The van der Waals surface area contributed by atoms with Crippen LogP contribution in [0.1, 0.15) is 35.5 Å². The molecular formula is C11H16N2O. The molecule has 0 unspecified atom stereocenters. The maximum atomic E-state index is 11.6. The molecule has 0 spiro atoms. The van der Waals surface area contributed by atoms with E-state index in [1.165, 1.54) is 0 Å². The Bertz CT molecular complexity index is 334. The molecule has 1 rings (SSSR count). The van der Waals surface area contributed by atoms with Crippen LogP contribution in [0.25, 0.3) is 0 Å². The van der Waals surface area contributed by atoms with E-state index in [9.17, 15) is 4.79 Å². The van der Waals surface area contributed by atoms with E-state index in [4.69, 9.17) is 0 Å². The Hall–Kier alpha value is -1.38. The highest BCUT2D eigenvalue weighted by molar-refractivity contribution is 5.95. The Labute approximate surface area is 84.6 Å². The van der Waals surface area contributed by atoms with Crippen LogP contribution in [0.2, 0.25) is 0 Å². The summed E-state index contributed by atoms with van der Waals surface area (Å²) in [5.41, 5.74) is 2.57. The van der Waals surface area contributed by atoms with E-state index in [-0.39, 0.29) is 5.91 Å². The zero-order valence-corrected chi connectivity index (χ0v) is 8.92. The van der Waals surface area contributed by atoms with Crippen molar-refractivity contribution in [2.24, 2.45) is 0 Å². The van der Waals surface area contributed by atoms with Gasteiger partial charge in [0.2, 0.25) is 0 Å². The van der Waals surface area contributed by atoms with Crippen LogP contribution in [0, 0.1) is 6.92 Å². The fraction of sp³-hybridized carbons (Fsp3) is 0.455. The number of hydrogen-bond donors (Lipinski definition) is 1. The molecule has 1 heterocycles. The van der Waals surface area contributed by atoms with Gasteiger partial charge >= 0.3 is 0 Å². The fourth-order valence-corrected chi connectivity index (χ4v) is 1.26. The minimum absolute atomic E-state index is 0.0344. The van der Waals surface area contributed by atoms with Gasteiger partial charge in [-0.3, -0.25) is 9.78 Å². The van der Waals surface area contributed by atoms with Crippen LogP contribution in [0.3, 0.4) is 0 Å². The summed E-state index contributed by atoms with van der Waals surface area (Å²) in [5, 5.41) is 2.78. The highest BCUT2D eigenvalue weighted by Crippen LogP contribution is 2.08. The lowest BCUT2D eigenvalue weighted by Crippen LogP contribution is -2.24. The molecule has 0 atom stereocenters. The van der Waals surface area contributed by atoms with Gasteiger partial charge in [0.1, 0.15) is 0 Å². The first-order valence-electron chi connectivity index (χ1n) is 4.92. The van der Waals surface area contributed by atoms with Crippen LogP contribution < -0.4 is 5.32 Å². The van der Waals surface area contributed by atoms with Crippen LogP contribution in [0.4, 0.5) is 0 Å². The van der Waals surface area contributed by atoms with Crippen LogP contribution in [-0.4, -0.2) is 17.4 Å². The average molecular weight is 192 g/mol. The molecule has 1 N–H and O–H groups in total. The first-order valence-corrected chi connectivity index (χ1v) is 4.92. The Morgan fingerprint density at radius 3 is 2.79 bits per heavy atom. The number of nitrogens with zero attached hydrogens (tertiary/aromatic N) is 1. The van der Waals surface area contributed by atoms with Gasteiger partial charge in [0.05, 0.1) is 5.56 Å². The van der Waals surface area contributed by atoms with E-state index < -0.39 is 0 Å². The quantitative estimate of drug-likeness (QED) is 0.792. The number of nitrogens with one attached hydrogen (secondary N) is 1. The Morgan fingerprint density at radius 2 is 2.21 bits per heavy atom. The van der Waals surface area contributed by atoms with E-state index in [1.54, 1.807) is 0 Å². The summed E-state index contributed by atoms with van der Waals surface area (Å²) >= 11 is 0. The summed E-state index contributed by atoms with van der Waals surface area (Å²) in [6.07, 6.45) is 2.72. The second-order valence-electron chi connectivity index (χ2n) is 3.19. The van der Waals surface area contributed by atoms with Crippen LogP contribution >= 0.6 is 0 Å². The van der Waals surface area contributed by atoms with Crippen LogP contribution in [0.15, 0.2) is 12.3 Å². The zero-order chi connectivity index (χ0) is 10.6. The summed E-state index contributed by atoms with van der Waals surface area (Å²) in [6.45, 7) is 6.46. The van der Waals surface area contributed by atoms with Gasteiger partial charge in [-0.05, 0) is 31.9 Å². The first kappa shape index (κ1) is 10.7. The van der Waals surface area contributed by atoms with Crippen molar-refractivity contribution in [1.29, 1.82) is 0 Å². The molecule has 0 aliphatic carbocycles. The molecule has 0 saturated carbocycles. The molecule has 1 aromatic rings. The monoisotopic (exact) mass is 192 g/mol. The summed E-state index contributed by atoms with van der Waals surface area (Å²) in [6, 6.07) is 1.91. The molecule has 3 nitrogen and oxygen atoms in total. The van der Waals surface area contributed by atoms with Crippen molar-refractivity contribution in [2.45, 2.75) is 27.2 Å². The first-order chi connectivity index (χ1) is 6.69. The normalized spacial score (nSPS) is 9.93. The number of aromatic nitrogens is 1. The zero-order valence-electron chi connectivity index (χ0n) is 8.92. The number of hydrogen-bond acceptors (Lipinski definition) is 2.